The summed E-state index contributed by atoms with van der Waals surface area (Å²) in [5.74, 6) is 0.407. The molecule has 0 aromatic carbocycles. The largest absolute Gasteiger partial charge is 0.281 e. The van der Waals surface area contributed by atoms with Gasteiger partial charge in [0.1, 0.15) is 0 Å². The summed E-state index contributed by atoms with van der Waals surface area (Å²) in [5, 5.41) is 3.76. The maximum atomic E-state index is 11.4. The van der Waals surface area contributed by atoms with Gasteiger partial charge in [-0.1, -0.05) is 25.4 Å². The molecule has 8 heteroatoms. The summed E-state index contributed by atoms with van der Waals surface area (Å²) >= 11 is 5.77. The van der Waals surface area contributed by atoms with Crippen LogP contribution in [-0.4, -0.2) is 23.0 Å². The van der Waals surface area contributed by atoms with E-state index in [-0.39, 0.29) is 10.2 Å². The summed E-state index contributed by atoms with van der Waals surface area (Å²) in [7, 11) is 1.35. The van der Waals surface area contributed by atoms with Gasteiger partial charge in [-0.15, -0.1) is 0 Å². The van der Waals surface area contributed by atoms with Crippen molar-refractivity contribution in [3.63, 3.8) is 0 Å². The summed E-state index contributed by atoms with van der Waals surface area (Å²) in [4.78, 5) is 3.90. The van der Waals surface area contributed by atoms with E-state index in [2.05, 4.69) is 10.1 Å². The Hall–Kier alpha value is -0.850. The van der Waals surface area contributed by atoms with Crippen LogP contribution in [0.15, 0.2) is 17.2 Å². The van der Waals surface area contributed by atoms with E-state index < -0.39 is 9.05 Å². The van der Waals surface area contributed by atoms with Gasteiger partial charge in [-0.2, -0.15) is 9.61 Å². The molecule has 18 heavy (non-hydrogen) atoms. The quantitative estimate of drug-likeness (QED) is 0.817. The number of hydrogen-bond donors (Lipinski definition) is 0. The SMILES string of the molecule is CC(C)Cc1ccc2nc(Cl)c(S(=O)(=O)Cl)n2n1. The highest BCUT2D eigenvalue weighted by atomic mass is 35.7. The third-order valence-corrected chi connectivity index (χ3v) is 3.94. The van der Waals surface area contributed by atoms with Gasteiger partial charge in [0.25, 0.3) is 9.05 Å². The molecule has 0 N–H and O–H groups in total. The highest BCUT2D eigenvalue weighted by molar-refractivity contribution is 8.13. The molecule has 2 rings (SSSR count). The lowest BCUT2D eigenvalue weighted by Crippen LogP contribution is -2.05. The minimum absolute atomic E-state index is 0.167. The molecule has 98 valence electrons. The molecular weight excluding hydrogens is 297 g/mol. The van der Waals surface area contributed by atoms with E-state index in [4.69, 9.17) is 22.3 Å². The van der Waals surface area contributed by atoms with Crippen LogP contribution >= 0.6 is 22.3 Å². The topological polar surface area (TPSA) is 64.3 Å². The van der Waals surface area contributed by atoms with Gasteiger partial charge >= 0.3 is 0 Å². The number of rotatable bonds is 3. The van der Waals surface area contributed by atoms with E-state index in [0.29, 0.717) is 11.6 Å². The van der Waals surface area contributed by atoms with Crippen LogP contribution in [0.1, 0.15) is 19.5 Å². The molecule has 2 aromatic rings. The molecule has 0 saturated carbocycles. The molecule has 5 nitrogen and oxygen atoms in total. The molecule has 0 spiro atoms. The third kappa shape index (κ3) is 2.60. The number of fused-ring (bicyclic) bond motifs is 1. The number of hydrogen-bond acceptors (Lipinski definition) is 4. The zero-order valence-corrected chi connectivity index (χ0v) is 12.1. The van der Waals surface area contributed by atoms with Gasteiger partial charge in [0.2, 0.25) is 5.03 Å². The lowest BCUT2D eigenvalue weighted by Gasteiger charge is -2.04. The van der Waals surface area contributed by atoms with Crippen molar-refractivity contribution in [2.45, 2.75) is 25.3 Å². The van der Waals surface area contributed by atoms with E-state index in [1.165, 1.54) is 4.52 Å². The highest BCUT2D eigenvalue weighted by Crippen LogP contribution is 2.25. The Morgan fingerprint density at radius 3 is 2.61 bits per heavy atom. The molecule has 2 heterocycles. The fourth-order valence-corrected chi connectivity index (χ4v) is 3.25. The van der Waals surface area contributed by atoms with Crippen molar-refractivity contribution in [2.24, 2.45) is 5.92 Å². The van der Waals surface area contributed by atoms with Crippen molar-refractivity contribution in [1.29, 1.82) is 0 Å². The van der Waals surface area contributed by atoms with Gasteiger partial charge in [0, 0.05) is 10.7 Å². The molecule has 0 bridgehead atoms. The van der Waals surface area contributed by atoms with Gasteiger partial charge in [0.05, 0.1) is 5.69 Å². The lowest BCUT2D eigenvalue weighted by molar-refractivity contribution is 0.596. The average molecular weight is 308 g/mol. The van der Waals surface area contributed by atoms with Crippen LogP contribution in [0.25, 0.3) is 5.65 Å². The Balaban J connectivity index is 2.67. The van der Waals surface area contributed by atoms with Crippen LogP contribution in [-0.2, 0) is 15.5 Å². The summed E-state index contributed by atoms with van der Waals surface area (Å²) in [6.07, 6.45) is 0.730. The minimum Gasteiger partial charge on any atom is -0.214 e. The standard InChI is InChI=1S/C10H11Cl2N3O2S/c1-6(2)5-7-3-4-8-13-9(11)10(15(8)14-7)18(12,16)17/h3-4,6H,5H2,1-2H3. The minimum atomic E-state index is -3.98. The monoisotopic (exact) mass is 307 g/mol. The predicted octanol–water partition coefficient (Wildman–Crippen LogP) is 2.51. The molecule has 0 atom stereocenters. The van der Waals surface area contributed by atoms with E-state index in [0.717, 1.165) is 12.1 Å². The zero-order chi connectivity index (χ0) is 13.5. The van der Waals surface area contributed by atoms with Crippen molar-refractivity contribution < 1.29 is 8.42 Å². The van der Waals surface area contributed by atoms with E-state index in [1.54, 1.807) is 12.1 Å². The van der Waals surface area contributed by atoms with Crippen LogP contribution in [0.2, 0.25) is 5.15 Å². The second kappa shape index (κ2) is 4.68. The maximum Gasteiger partial charge on any atom is 0.281 e. The van der Waals surface area contributed by atoms with E-state index in [1.807, 2.05) is 13.8 Å². The van der Waals surface area contributed by atoms with Gasteiger partial charge in [-0.3, -0.25) is 0 Å². The first kappa shape index (κ1) is 13.6. The van der Waals surface area contributed by atoms with Gasteiger partial charge < -0.3 is 0 Å². The molecule has 0 radical (unpaired) electrons. The summed E-state index contributed by atoms with van der Waals surface area (Å²) in [5.41, 5.74) is 1.11. The first-order valence-corrected chi connectivity index (χ1v) is 7.96. The molecule has 0 aliphatic heterocycles. The molecule has 0 unspecified atom stereocenters. The fraction of sp³-hybridized carbons (Fsp3) is 0.400. The Labute approximate surface area is 114 Å². The van der Waals surface area contributed by atoms with Crippen LogP contribution < -0.4 is 0 Å². The Morgan fingerprint density at radius 1 is 1.39 bits per heavy atom. The van der Waals surface area contributed by atoms with Crippen LogP contribution in [0, 0.1) is 5.92 Å². The predicted molar refractivity (Wildman–Crippen MR) is 69.6 cm³/mol. The smallest absolute Gasteiger partial charge is 0.214 e. The van der Waals surface area contributed by atoms with Crippen molar-refractivity contribution in [3.05, 3.63) is 23.0 Å². The number of imidazole rings is 1. The van der Waals surface area contributed by atoms with Crippen LogP contribution in [0.5, 0.6) is 0 Å². The normalized spacial score (nSPS) is 12.5. The molecule has 0 aliphatic rings. The van der Waals surface area contributed by atoms with E-state index in [9.17, 15) is 8.42 Å². The molecule has 2 aromatic heterocycles. The van der Waals surface area contributed by atoms with Crippen LogP contribution in [0.4, 0.5) is 0 Å². The fourth-order valence-electron chi connectivity index (χ4n) is 1.66. The first-order valence-electron chi connectivity index (χ1n) is 5.28. The Kier molecular flexibility index (Phi) is 3.53. The van der Waals surface area contributed by atoms with Crippen molar-refractivity contribution in [2.75, 3.05) is 0 Å². The first-order chi connectivity index (χ1) is 8.29. The zero-order valence-electron chi connectivity index (χ0n) is 9.76. The summed E-state index contributed by atoms with van der Waals surface area (Å²) in [6.45, 7) is 4.10. The maximum absolute atomic E-state index is 11.4. The molecule has 0 amide bonds. The van der Waals surface area contributed by atoms with Gasteiger partial charge in [-0.05, 0) is 24.5 Å². The third-order valence-electron chi connectivity index (χ3n) is 2.30. The molecular formula is C10H11Cl2N3O2S. The summed E-state index contributed by atoms with van der Waals surface area (Å²) < 4.78 is 24.1. The number of aromatic nitrogens is 3. The van der Waals surface area contributed by atoms with Crippen molar-refractivity contribution >= 4 is 37.0 Å². The van der Waals surface area contributed by atoms with Gasteiger partial charge in [0.15, 0.2) is 10.8 Å². The Morgan fingerprint density at radius 2 is 2.06 bits per heavy atom. The number of nitrogens with zero attached hydrogens (tertiary/aromatic N) is 3. The lowest BCUT2D eigenvalue weighted by atomic mass is 10.1. The van der Waals surface area contributed by atoms with Crippen LogP contribution in [0.3, 0.4) is 0 Å². The second-order valence-corrected chi connectivity index (χ2v) is 7.18. The average Bonchev–Trinajstić information content (AvgIpc) is 2.51. The number of halogens is 2. The van der Waals surface area contributed by atoms with E-state index >= 15 is 0 Å². The summed E-state index contributed by atoms with van der Waals surface area (Å²) in [6, 6.07) is 3.46. The molecule has 0 saturated heterocycles. The molecule has 0 aliphatic carbocycles. The Bertz CT molecular complexity index is 694. The highest BCUT2D eigenvalue weighted by Gasteiger charge is 2.23. The second-order valence-electron chi connectivity index (χ2n) is 4.34. The van der Waals surface area contributed by atoms with Crippen molar-refractivity contribution in [1.82, 2.24) is 14.6 Å². The van der Waals surface area contributed by atoms with Crippen molar-refractivity contribution in [3.8, 4) is 0 Å². The molecule has 0 fully saturated rings. The van der Waals surface area contributed by atoms with Gasteiger partial charge in [-0.25, -0.2) is 13.4 Å².